The summed E-state index contributed by atoms with van der Waals surface area (Å²) in [5.41, 5.74) is 2.31. The highest BCUT2D eigenvalue weighted by molar-refractivity contribution is 5.92. The number of amides is 1. The Balaban J connectivity index is 1.59. The van der Waals surface area contributed by atoms with Crippen molar-refractivity contribution in [1.29, 1.82) is 0 Å². The number of carbonyl (C=O) groups is 1. The number of nitrogens with zero attached hydrogens (tertiary/aromatic N) is 7. The minimum Gasteiger partial charge on any atom is -0.361 e. The number of hydrogen-bond donors (Lipinski definition) is 0. The van der Waals surface area contributed by atoms with Crippen LogP contribution in [-0.2, 0) is 0 Å². The van der Waals surface area contributed by atoms with Crippen LogP contribution in [0.3, 0.4) is 0 Å². The SMILES string of the molecule is CN(C)c1nc([C@@H]2CCN(C(=O)c3cnccn3)C2)cn2nccc12. The van der Waals surface area contributed by atoms with Crippen molar-refractivity contribution >= 4 is 17.2 Å². The average molecular weight is 337 g/mol. The minimum atomic E-state index is -0.0800. The zero-order chi connectivity index (χ0) is 17.4. The van der Waals surface area contributed by atoms with Gasteiger partial charge in [0.25, 0.3) is 5.91 Å². The molecule has 0 radical (unpaired) electrons. The molecule has 0 aliphatic carbocycles. The van der Waals surface area contributed by atoms with Crippen molar-refractivity contribution in [2.24, 2.45) is 0 Å². The number of aromatic nitrogens is 5. The van der Waals surface area contributed by atoms with Crippen molar-refractivity contribution in [1.82, 2.24) is 29.5 Å². The molecular formula is C17H19N7O. The van der Waals surface area contributed by atoms with Crippen LogP contribution in [-0.4, -0.2) is 62.6 Å². The van der Waals surface area contributed by atoms with E-state index in [1.165, 1.54) is 12.4 Å². The van der Waals surface area contributed by atoms with Gasteiger partial charge in [-0.25, -0.2) is 14.5 Å². The van der Waals surface area contributed by atoms with Crippen LogP contribution in [0.2, 0.25) is 0 Å². The Labute approximate surface area is 145 Å². The molecule has 0 saturated carbocycles. The first kappa shape index (κ1) is 15.5. The largest absolute Gasteiger partial charge is 0.361 e. The van der Waals surface area contributed by atoms with Crippen molar-refractivity contribution < 1.29 is 4.79 Å². The average Bonchev–Trinajstić information content (AvgIpc) is 3.30. The molecule has 8 nitrogen and oxygen atoms in total. The van der Waals surface area contributed by atoms with Gasteiger partial charge in [0, 0.05) is 45.5 Å². The fraction of sp³-hybridized carbons (Fsp3) is 0.353. The van der Waals surface area contributed by atoms with Crippen LogP contribution < -0.4 is 4.90 Å². The second kappa shape index (κ2) is 6.12. The molecule has 3 aromatic rings. The Bertz CT molecular complexity index is 906. The predicted octanol–water partition coefficient (Wildman–Crippen LogP) is 1.21. The number of rotatable bonds is 3. The van der Waals surface area contributed by atoms with E-state index in [4.69, 9.17) is 4.98 Å². The van der Waals surface area contributed by atoms with Gasteiger partial charge in [0.2, 0.25) is 0 Å². The highest BCUT2D eigenvalue weighted by atomic mass is 16.2. The van der Waals surface area contributed by atoms with Gasteiger partial charge in [0.15, 0.2) is 5.82 Å². The molecule has 1 amide bonds. The monoisotopic (exact) mass is 337 g/mol. The van der Waals surface area contributed by atoms with Crippen molar-refractivity contribution in [2.45, 2.75) is 12.3 Å². The van der Waals surface area contributed by atoms with Crippen LogP contribution in [0.1, 0.15) is 28.5 Å². The summed E-state index contributed by atoms with van der Waals surface area (Å²) in [6, 6.07) is 1.95. The van der Waals surface area contributed by atoms with E-state index in [9.17, 15) is 4.79 Å². The summed E-state index contributed by atoms with van der Waals surface area (Å²) in [7, 11) is 3.94. The first-order valence-corrected chi connectivity index (χ1v) is 8.20. The summed E-state index contributed by atoms with van der Waals surface area (Å²) in [5, 5.41) is 4.35. The van der Waals surface area contributed by atoms with Crippen LogP contribution in [0.4, 0.5) is 5.82 Å². The lowest BCUT2D eigenvalue weighted by molar-refractivity contribution is 0.0784. The number of anilines is 1. The van der Waals surface area contributed by atoms with E-state index in [2.05, 4.69) is 15.1 Å². The van der Waals surface area contributed by atoms with Gasteiger partial charge in [-0.05, 0) is 12.5 Å². The second-order valence-electron chi connectivity index (χ2n) is 6.37. The van der Waals surface area contributed by atoms with Gasteiger partial charge in [-0.15, -0.1) is 0 Å². The molecule has 1 saturated heterocycles. The first-order chi connectivity index (χ1) is 12.1. The van der Waals surface area contributed by atoms with Gasteiger partial charge in [0.1, 0.15) is 11.2 Å². The maximum absolute atomic E-state index is 12.5. The smallest absolute Gasteiger partial charge is 0.274 e. The molecule has 4 rings (SSSR count). The summed E-state index contributed by atoms with van der Waals surface area (Å²) in [5.74, 6) is 0.991. The lowest BCUT2D eigenvalue weighted by Crippen LogP contribution is -2.29. The lowest BCUT2D eigenvalue weighted by Gasteiger charge is -2.18. The predicted molar refractivity (Wildman–Crippen MR) is 92.6 cm³/mol. The van der Waals surface area contributed by atoms with Crippen LogP contribution in [0.5, 0.6) is 0 Å². The highest BCUT2D eigenvalue weighted by Gasteiger charge is 2.30. The Hall–Kier alpha value is -3.03. The zero-order valence-corrected chi connectivity index (χ0v) is 14.2. The minimum absolute atomic E-state index is 0.0800. The number of likely N-dealkylation sites (tertiary alicyclic amines) is 1. The van der Waals surface area contributed by atoms with Crippen LogP contribution in [0.15, 0.2) is 37.1 Å². The quantitative estimate of drug-likeness (QED) is 0.715. The Morgan fingerprint density at radius 1 is 1.28 bits per heavy atom. The van der Waals surface area contributed by atoms with Crippen molar-refractivity contribution in [3.63, 3.8) is 0 Å². The Morgan fingerprint density at radius 2 is 2.16 bits per heavy atom. The van der Waals surface area contributed by atoms with Crippen LogP contribution >= 0.6 is 0 Å². The molecule has 128 valence electrons. The fourth-order valence-electron chi connectivity index (χ4n) is 3.21. The summed E-state index contributed by atoms with van der Waals surface area (Å²) in [6.07, 6.45) is 9.22. The van der Waals surface area contributed by atoms with Crippen molar-refractivity contribution in [2.75, 3.05) is 32.1 Å². The maximum Gasteiger partial charge on any atom is 0.274 e. The molecule has 0 bridgehead atoms. The fourth-order valence-corrected chi connectivity index (χ4v) is 3.21. The van der Waals surface area contributed by atoms with Crippen molar-refractivity contribution in [3.05, 3.63) is 48.4 Å². The summed E-state index contributed by atoms with van der Waals surface area (Å²) in [6.45, 7) is 1.32. The van der Waals surface area contributed by atoms with E-state index in [0.717, 1.165) is 23.4 Å². The molecule has 0 spiro atoms. The third-order valence-electron chi connectivity index (χ3n) is 4.49. The third kappa shape index (κ3) is 2.79. The molecule has 4 heterocycles. The van der Waals surface area contributed by atoms with E-state index in [1.807, 2.05) is 40.7 Å². The molecule has 3 aromatic heterocycles. The molecule has 0 N–H and O–H groups in total. The standard InChI is InChI=1S/C17H19N7O/c1-22(2)16-15-3-5-20-24(15)11-14(21-16)12-4-8-23(10-12)17(25)13-9-18-6-7-19-13/h3,5-7,9,11-12H,4,8,10H2,1-2H3/t12-/m1/s1. The molecule has 1 fully saturated rings. The van der Waals surface area contributed by atoms with Gasteiger partial charge in [-0.2, -0.15) is 5.10 Å². The Kier molecular flexibility index (Phi) is 3.79. The van der Waals surface area contributed by atoms with Gasteiger partial charge < -0.3 is 9.80 Å². The summed E-state index contributed by atoms with van der Waals surface area (Å²) >= 11 is 0. The van der Waals surface area contributed by atoms with E-state index in [0.29, 0.717) is 18.8 Å². The van der Waals surface area contributed by atoms with Gasteiger partial charge in [-0.1, -0.05) is 0 Å². The van der Waals surface area contributed by atoms with E-state index < -0.39 is 0 Å². The van der Waals surface area contributed by atoms with Crippen molar-refractivity contribution in [3.8, 4) is 0 Å². The molecule has 1 aliphatic rings. The van der Waals surface area contributed by atoms with E-state index in [-0.39, 0.29) is 11.8 Å². The molecule has 0 unspecified atom stereocenters. The molecular weight excluding hydrogens is 318 g/mol. The van der Waals surface area contributed by atoms with Gasteiger partial charge in [-0.3, -0.25) is 9.78 Å². The lowest BCUT2D eigenvalue weighted by atomic mass is 10.1. The second-order valence-corrected chi connectivity index (χ2v) is 6.37. The van der Waals surface area contributed by atoms with Crippen LogP contribution in [0.25, 0.3) is 5.52 Å². The molecule has 0 aromatic carbocycles. The normalized spacial score (nSPS) is 17.2. The maximum atomic E-state index is 12.5. The topological polar surface area (TPSA) is 79.5 Å². The van der Waals surface area contributed by atoms with Gasteiger partial charge >= 0.3 is 0 Å². The molecule has 1 aliphatic heterocycles. The number of fused-ring (bicyclic) bond motifs is 1. The summed E-state index contributed by atoms with van der Waals surface area (Å²) in [4.78, 5) is 29.2. The molecule has 8 heteroatoms. The third-order valence-corrected chi connectivity index (χ3v) is 4.49. The van der Waals surface area contributed by atoms with Crippen LogP contribution in [0, 0.1) is 0 Å². The Morgan fingerprint density at radius 3 is 2.92 bits per heavy atom. The zero-order valence-electron chi connectivity index (χ0n) is 14.2. The van der Waals surface area contributed by atoms with Gasteiger partial charge in [0.05, 0.1) is 24.3 Å². The molecule has 25 heavy (non-hydrogen) atoms. The molecule has 1 atom stereocenters. The number of carbonyl (C=O) groups excluding carboxylic acids is 1. The highest BCUT2D eigenvalue weighted by Crippen LogP contribution is 2.29. The van der Waals surface area contributed by atoms with E-state index >= 15 is 0 Å². The number of hydrogen-bond acceptors (Lipinski definition) is 6. The van der Waals surface area contributed by atoms with E-state index in [1.54, 1.807) is 12.4 Å². The summed E-state index contributed by atoms with van der Waals surface area (Å²) < 4.78 is 1.85. The first-order valence-electron chi connectivity index (χ1n) is 8.20.